The Balaban J connectivity index is 2.62. The normalized spacial score (nSPS) is 10.9. The van der Waals surface area contributed by atoms with Gasteiger partial charge >= 0.3 is 0 Å². The minimum absolute atomic E-state index is 0.545. The number of nitrogens with one attached hydrogen (secondary N) is 1. The van der Waals surface area contributed by atoms with Gasteiger partial charge in [-0.15, -0.1) is 0 Å². The number of hydrogen-bond donors (Lipinski definition) is 1. The average molecular weight is 293 g/mol. The maximum absolute atomic E-state index is 5.67. The van der Waals surface area contributed by atoms with Gasteiger partial charge in [-0.3, -0.25) is 0 Å². The number of aromatic nitrogens is 2. The van der Waals surface area contributed by atoms with E-state index in [1.807, 2.05) is 6.07 Å². The molecule has 0 saturated heterocycles. The molecular formula is C17H31N3O. The van der Waals surface area contributed by atoms with Crippen molar-refractivity contribution < 1.29 is 4.74 Å². The lowest BCUT2D eigenvalue weighted by molar-refractivity contribution is 0.303. The van der Waals surface area contributed by atoms with Crippen LogP contribution in [0.5, 0.6) is 5.88 Å². The summed E-state index contributed by atoms with van der Waals surface area (Å²) in [7, 11) is 0. The van der Waals surface area contributed by atoms with Crippen molar-refractivity contribution in [3.63, 3.8) is 0 Å². The van der Waals surface area contributed by atoms with Crippen LogP contribution in [-0.4, -0.2) is 23.1 Å². The van der Waals surface area contributed by atoms with Gasteiger partial charge in [0.05, 0.1) is 6.61 Å². The Labute approximate surface area is 129 Å². The Kier molecular flexibility index (Phi) is 8.79. The van der Waals surface area contributed by atoms with Crippen LogP contribution in [0.25, 0.3) is 0 Å². The molecule has 120 valence electrons. The van der Waals surface area contributed by atoms with Gasteiger partial charge < -0.3 is 10.1 Å². The fourth-order valence-electron chi connectivity index (χ4n) is 2.07. The van der Waals surface area contributed by atoms with Gasteiger partial charge in [0, 0.05) is 19.0 Å². The Morgan fingerprint density at radius 3 is 2.57 bits per heavy atom. The maximum Gasteiger partial charge on any atom is 0.218 e. The molecule has 0 unspecified atom stereocenters. The third kappa shape index (κ3) is 7.88. The predicted octanol–water partition coefficient (Wildman–Crippen LogP) is 4.46. The van der Waals surface area contributed by atoms with E-state index in [-0.39, 0.29) is 0 Å². The van der Waals surface area contributed by atoms with Crippen molar-refractivity contribution in [2.75, 3.05) is 18.5 Å². The molecule has 0 radical (unpaired) electrons. The van der Waals surface area contributed by atoms with Gasteiger partial charge in [-0.2, -0.15) is 4.98 Å². The number of anilines is 1. The number of nitrogens with zero attached hydrogens (tertiary/aromatic N) is 2. The molecule has 0 aliphatic carbocycles. The van der Waals surface area contributed by atoms with E-state index in [2.05, 4.69) is 43.0 Å². The summed E-state index contributed by atoms with van der Waals surface area (Å²) in [4.78, 5) is 9.09. The second-order valence-corrected chi connectivity index (χ2v) is 5.94. The molecule has 1 heterocycles. The Hall–Kier alpha value is -1.32. The second kappa shape index (κ2) is 10.4. The quantitative estimate of drug-likeness (QED) is 0.612. The lowest BCUT2D eigenvalue weighted by Crippen LogP contribution is -2.09. The van der Waals surface area contributed by atoms with Crippen molar-refractivity contribution in [2.24, 2.45) is 5.92 Å². The lowest BCUT2D eigenvalue weighted by atomic mass is 10.1. The second-order valence-electron chi connectivity index (χ2n) is 5.94. The molecule has 4 heteroatoms. The van der Waals surface area contributed by atoms with E-state index < -0.39 is 0 Å². The summed E-state index contributed by atoms with van der Waals surface area (Å²) in [6.07, 6.45) is 6.89. The van der Waals surface area contributed by atoms with Gasteiger partial charge in [0.15, 0.2) is 0 Å². The van der Waals surface area contributed by atoms with Crippen LogP contribution in [0.1, 0.15) is 65.6 Å². The summed E-state index contributed by atoms with van der Waals surface area (Å²) in [6, 6.07) is 1.92. The molecule has 1 N–H and O–H groups in total. The SMILES string of the molecule is CCCCCCNc1cc(OCCC)nc(CC(C)C)n1. The molecule has 4 nitrogen and oxygen atoms in total. The highest BCUT2D eigenvalue weighted by atomic mass is 16.5. The molecule has 0 bridgehead atoms. The highest BCUT2D eigenvalue weighted by molar-refractivity contribution is 5.38. The molecule has 0 aliphatic rings. The first-order valence-corrected chi connectivity index (χ1v) is 8.40. The first kappa shape index (κ1) is 17.7. The van der Waals surface area contributed by atoms with Crippen molar-refractivity contribution in [2.45, 2.75) is 66.2 Å². The topological polar surface area (TPSA) is 47.0 Å². The van der Waals surface area contributed by atoms with E-state index in [4.69, 9.17) is 4.74 Å². The molecular weight excluding hydrogens is 262 g/mol. The van der Waals surface area contributed by atoms with Crippen LogP contribution >= 0.6 is 0 Å². The highest BCUT2D eigenvalue weighted by Gasteiger charge is 2.07. The smallest absolute Gasteiger partial charge is 0.218 e. The zero-order valence-electron chi connectivity index (χ0n) is 14.1. The first-order chi connectivity index (χ1) is 10.2. The number of rotatable bonds is 11. The van der Waals surface area contributed by atoms with Crippen LogP contribution < -0.4 is 10.1 Å². The van der Waals surface area contributed by atoms with Crippen molar-refractivity contribution in [1.82, 2.24) is 9.97 Å². The molecule has 0 fully saturated rings. The van der Waals surface area contributed by atoms with E-state index >= 15 is 0 Å². The van der Waals surface area contributed by atoms with Gasteiger partial charge in [-0.05, 0) is 18.8 Å². The zero-order chi connectivity index (χ0) is 15.5. The highest BCUT2D eigenvalue weighted by Crippen LogP contribution is 2.16. The van der Waals surface area contributed by atoms with Gasteiger partial charge in [0.2, 0.25) is 5.88 Å². The minimum atomic E-state index is 0.545. The standard InChI is InChI=1S/C17H31N3O/c1-5-7-8-9-10-18-15-13-17(21-11-6-2)20-16(19-15)12-14(3)4/h13-14H,5-12H2,1-4H3,(H,18,19,20). The van der Waals surface area contributed by atoms with Gasteiger partial charge in [0.1, 0.15) is 11.6 Å². The molecule has 0 aliphatic heterocycles. The minimum Gasteiger partial charge on any atom is -0.478 e. The predicted molar refractivity (Wildman–Crippen MR) is 89.0 cm³/mol. The number of unbranched alkanes of at least 4 members (excludes halogenated alkanes) is 3. The van der Waals surface area contributed by atoms with E-state index in [0.717, 1.165) is 31.0 Å². The van der Waals surface area contributed by atoms with Crippen LogP contribution in [0.4, 0.5) is 5.82 Å². The molecule has 1 aromatic heterocycles. The van der Waals surface area contributed by atoms with Crippen LogP contribution in [-0.2, 0) is 6.42 Å². The van der Waals surface area contributed by atoms with Crippen LogP contribution in [0.2, 0.25) is 0 Å². The number of ether oxygens (including phenoxy) is 1. The van der Waals surface area contributed by atoms with E-state index in [1.165, 1.54) is 25.7 Å². The molecule has 1 aromatic rings. The lowest BCUT2D eigenvalue weighted by Gasteiger charge is -2.11. The summed E-state index contributed by atoms with van der Waals surface area (Å²) in [5, 5.41) is 3.40. The fraction of sp³-hybridized carbons (Fsp3) is 0.765. The average Bonchev–Trinajstić information content (AvgIpc) is 2.44. The summed E-state index contributed by atoms with van der Waals surface area (Å²) >= 11 is 0. The largest absolute Gasteiger partial charge is 0.478 e. The Bertz CT molecular complexity index is 394. The Morgan fingerprint density at radius 1 is 1.10 bits per heavy atom. The molecule has 0 atom stereocenters. The van der Waals surface area contributed by atoms with Crippen LogP contribution in [0.15, 0.2) is 6.07 Å². The molecule has 0 saturated carbocycles. The zero-order valence-corrected chi connectivity index (χ0v) is 14.1. The van der Waals surface area contributed by atoms with E-state index in [1.54, 1.807) is 0 Å². The fourth-order valence-corrected chi connectivity index (χ4v) is 2.07. The molecule has 0 amide bonds. The van der Waals surface area contributed by atoms with Crippen molar-refractivity contribution in [3.8, 4) is 5.88 Å². The maximum atomic E-state index is 5.67. The molecule has 1 rings (SSSR count). The van der Waals surface area contributed by atoms with E-state index in [0.29, 0.717) is 18.4 Å². The third-order valence-corrected chi connectivity index (χ3v) is 3.13. The van der Waals surface area contributed by atoms with Crippen molar-refractivity contribution in [3.05, 3.63) is 11.9 Å². The van der Waals surface area contributed by atoms with Gasteiger partial charge in [0.25, 0.3) is 0 Å². The first-order valence-electron chi connectivity index (χ1n) is 8.40. The molecule has 21 heavy (non-hydrogen) atoms. The molecule has 0 aromatic carbocycles. The number of hydrogen-bond acceptors (Lipinski definition) is 4. The molecule has 0 spiro atoms. The van der Waals surface area contributed by atoms with Crippen molar-refractivity contribution >= 4 is 5.82 Å². The van der Waals surface area contributed by atoms with Gasteiger partial charge in [-0.1, -0.05) is 47.0 Å². The van der Waals surface area contributed by atoms with Gasteiger partial charge in [-0.25, -0.2) is 4.98 Å². The monoisotopic (exact) mass is 293 g/mol. The van der Waals surface area contributed by atoms with Crippen molar-refractivity contribution in [1.29, 1.82) is 0 Å². The Morgan fingerprint density at radius 2 is 1.90 bits per heavy atom. The summed E-state index contributed by atoms with van der Waals surface area (Å²) < 4.78 is 5.67. The van der Waals surface area contributed by atoms with Crippen LogP contribution in [0.3, 0.4) is 0 Å². The third-order valence-electron chi connectivity index (χ3n) is 3.13. The van der Waals surface area contributed by atoms with E-state index in [9.17, 15) is 0 Å². The van der Waals surface area contributed by atoms with Crippen LogP contribution in [0, 0.1) is 5.92 Å². The summed E-state index contributed by atoms with van der Waals surface area (Å²) in [5.41, 5.74) is 0. The summed E-state index contributed by atoms with van der Waals surface area (Å²) in [5.74, 6) is 3.00. The summed E-state index contributed by atoms with van der Waals surface area (Å²) in [6.45, 7) is 10.4.